The van der Waals surface area contributed by atoms with Crippen LogP contribution in [-0.2, 0) is 0 Å². The molecule has 0 spiro atoms. The van der Waals surface area contributed by atoms with Crippen LogP contribution in [0.3, 0.4) is 0 Å². The van der Waals surface area contributed by atoms with Crippen LogP contribution in [0, 0.1) is 0 Å². The van der Waals surface area contributed by atoms with Gasteiger partial charge in [0, 0.05) is 5.69 Å². The molecule has 0 bridgehead atoms. The van der Waals surface area contributed by atoms with Crippen molar-refractivity contribution in [2.24, 2.45) is 4.99 Å². The maximum absolute atomic E-state index is 12.2. The van der Waals surface area contributed by atoms with Crippen molar-refractivity contribution in [1.82, 2.24) is 5.32 Å². The third kappa shape index (κ3) is 2.70. The number of alkyl halides is 3. The Labute approximate surface area is 102 Å². The molecule has 0 saturated heterocycles. The van der Waals surface area contributed by atoms with E-state index in [2.05, 4.69) is 10.3 Å². The summed E-state index contributed by atoms with van der Waals surface area (Å²) >= 11 is 0. The van der Waals surface area contributed by atoms with Crippen LogP contribution in [0.5, 0.6) is 0 Å². The largest absolute Gasteiger partial charge is 0.451 e. The first-order valence-electron chi connectivity index (χ1n) is 3.74. The number of hydrogen-bond donors (Lipinski definition) is 1. The van der Waals surface area contributed by atoms with E-state index in [-0.39, 0.29) is 36.2 Å². The van der Waals surface area contributed by atoms with Crippen molar-refractivity contribution in [3.8, 4) is 0 Å². The van der Waals surface area contributed by atoms with E-state index >= 15 is 0 Å². The lowest BCUT2D eigenvalue weighted by Crippen LogP contribution is -2.27. The maximum atomic E-state index is 12.2. The van der Waals surface area contributed by atoms with Gasteiger partial charge in [-0.25, -0.2) is 10.3 Å². The van der Waals surface area contributed by atoms with E-state index < -0.39 is 12.0 Å². The average Bonchev–Trinajstić information content (AvgIpc) is 2.45. The molecule has 3 nitrogen and oxygen atoms in total. The quantitative estimate of drug-likeness (QED) is 0.726. The van der Waals surface area contributed by atoms with Gasteiger partial charge in [-0.15, -0.1) is 24.8 Å². The molecule has 0 aliphatic carbocycles. The summed E-state index contributed by atoms with van der Waals surface area (Å²) in [5.41, 5.74) is 6.12. The molecular formula is C8H7Cl2F3N3. The highest BCUT2D eigenvalue weighted by Crippen LogP contribution is 2.35. The van der Waals surface area contributed by atoms with Crippen LogP contribution >= 0.6 is 24.8 Å². The molecule has 0 fully saturated rings. The molecule has 0 saturated carbocycles. The minimum absolute atomic E-state index is 0. The molecule has 16 heavy (non-hydrogen) atoms. The summed E-state index contributed by atoms with van der Waals surface area (Å²) in [7, 11) is 0. The summed E-state index contributed by atoms with van der Waals surface area (Å²) in [6.45, 7) is 0. The van der Waals surface area contributed by atoms with Gasteiger partial charge in [0.15, 0.2) is 0 Å². The first kappa shape index (κ1) is 14.9. The third-order valence-electron chi connectivity index (χ3n) is 1.71. The summed E-state index contributed by atoms with van der Waals surface area (Å²) in [4.78, 5) is 3.33. The number of nitrogens with two attached hydrogens (primary N) is 1. The van der Waals surface area contributed by atoms with Crippen molar-refractivity contribution in [2.75, 3.05) is 5.73 Å². The van der Waals surface area contributed by atoms with Crippen LogP contribution in [-0.4, -0.2) is 12.0 Å². The predicted octanol–water partition coefficient (Wildman–Crippen LogP) is 2.95. The van der Waals surface area contributed by atoms with Crippen LogP contribution < -0.4 is 11.1 Å². The zero-order valence-electron chi connectivity index (χ0n) is 7.65. The van der Waals surface area contributed by atoms with Crippen LogP contribution in [0.2, 0.25) is 0 Å². The van der Waals surface area contributed by atoms with Gasteiger partial charge in [-0.2, -0.15) is 13.2 Å². The van der Waals surface area contributed by atoms with Gasteiger partial charge in [0.1, 0.15) is 0 Å². The van der Waals surface area contributed by atoms with Crippen LogP contribution in [0.4, 0.5) is 30.2 Å². The predicted molar refractivity (Wildman–Crippen MR) is 60.3 cm³/mol. The van der Waals surface area contributed by atoms with E-state index in [0.29, 0.717) is 5.69 Å². The number of benzene rings is 1. The SMILES string of the molecule is Cl.Cl.Nc1ccc2c(c1)[N]C(C(F)(F)F)=N2. The minimum atomic E-state index is -4.51. The Morgan fingerprint density at radius 1 is 1.06 bits per heavy atom. The summed E-state index contributed by atoms with van der Waals surface area (Å²) in [6.07, 6.45) is -4.51. The van der Waals surface area contributed by atoms with Crippen molar-refractivity contribution in [3.05, 3.63) is 18.2 Å². The molecule has 1 aromatic carbocycles. The number of hydrogen-bond acceptors (Lipinski definition) is 2. The molecule has 1 aliphatic rings. The number of halogens is 5. The second kappa shape index (κ2) is 4.80. The van der Waals surface area contributed by atoms with Gasteiger partial charge in [-0.05, 0) is 18.2 Å². The van der Waals surface area contributed by atoms with Gasteiger partial charge in [0.25, 0.3) is 0 Å². The molecular weight excluding hydrogens is 266 g/mol. The number of anilines is 1. The van der Waals surface area contributed by atoms with Crippen LogP contribution in [0.1, 0.15) is 0 Å². The number of nitrogens with zero attached hydrogens (tertiary/aromatic N) is 2. The second-order valence-electron chi connectivity index (χ2n) is 2.79. The Bertz CT molecular complexity index is 417. The van der Waals surface area contributed by atoms with Crippen molar-refractivity contribution >= 4 is 47.7 Å². The highest BCUT2D eigenvalue weighted by molar-refractivity contribution is 5.99. The zero-order valence-corrected chi connectivity index (χ0v) is 9.29. The Morgan fingerprint density at radius 3 is 2.25 bits per heavy atom. The molecule has 1 aliphatic heterocycles. The van der Waals surface area contributed by atoms with Gasteiger partial charge < -0.3 is 5.73 Å². The normalized spacial score (nSPS) is 12.8. The van der Waals surface area contributed by atoms with E-state index in [1.165, 1.54) is 18.2 Å². The average molecular weight is 273 g/mol. The van der Waals surface area contributed by atoms with E-state index in [4.69, 9.17) is 5.73 Å². The van der Waals surface area contributed by atoms with Crippen molar-refractivity contribution < 1.29 is 13.2 Å². The summed E-state index contributed by atoms with van der Waals surface area (Å²) in [6, 6.07) is 4.25. The van der Waals surface area contributed by atoms with Gasteiger partial charge in [0.05, 0.1) is 11.4 Å². The molecule has 0 aromatic heterocycles. The fourth-order valence-electron chi connectivity index (χ4n) is 1.10. The molecule has 0 amide bonds. The molecule has 2 N–H and O–H groups in total. The molecule has 89 valence electrons. The molecule has 2 rings (SSSR count). The number of rotatable bonds is 0. The fraction of sp³-hybridized carbons (Fsp3) is 0.125. The highest BCUT2D eigenvalue weighted by Gasteiger charge is 2.40. The second-order valence-corrected chi connectivity index (χ2v) is 2.79. The highest BCUT2D eigenvalue weighted by atomic mass is 35.5. The van der Waals surface area contributed by atoms with E-state index in [1.54, 1.807) is 0 Å². The van der Waals surface area contributed by atoms with E-state index in [1.807, 2.05) is 0 Å². The molecule has 1 heterocycles. The molecule has 1 aromatic rings. The number of nitrogen functional groups attached to an aromatic ring is 1. The summed E-state index contributed by atoms with van der Waals surface area (Å²) < 4.78 is 36.5. The Hall–Kier alpha value is -1.14. The molecule has 0 atom stereocenters. The molecule has 1 radical (unpaired) electrons. The Morgan fingerprint density at radius 2 is 1.69 bits per heavy atom. The zero-order chi connectivity index (χ0) is 10.3. The lowest BCUT2D eigenvalue weighted by molar-refractivity contribution is -0.0608. The van der Waals surface area contributed by atoms with Crippen molar-refractivity contribution in [1.29, 1.82) is 0 Å². The van der Waals surface area contributed by atoms with Crippen molar-refractivity contribution in [3.63, 3.8) is 0 Å². The topological polar surface area (TPSA) is 52.5 Å². The summed E-state index contributed by atoms with van der Waals surface area (Å²) in [5.74, 6) is -1.13. The van der Waals surface area contributed by atoms with Crippen molar-refractivity contribution in [2.45, 2.75) is 6.18 Å². The lowest BCUT2D eigenvalue weighted by Gasteiger charge is -2.03. The first-order valence-corrected chi connectivity index (χ1v) is 3.74. The smallest absolute Gasteiger partial charge is 0.399 e. The van der Waals surface area contributed by atoms with E-state index in [0.717, 1.165) is 0 Å². The van der Waals surface area contributed by atoms with Gasteiger partial charge in [-0.1, -0.05) is 0 Å². The maximum Gasteiger partial charge on any atom is 0.451 e. The number of fused-ring (bicyclic) bond motifs is 1. The minimum Gasteiger partial charge on any atom is -0.399 e. The number of amidine groups is 1. The molecule has 0 unspecified atom stereocenters. The third-order valence-corrected chi connectivity index (χ3v) is 1.71. The van der Waals surface area contributed by atoms with Gasteiger partial charge >= 0.3 is 6.18 Å². The summed E-state index contributed by atoms with van der Waals surface area (Å²) in [5, 5.41) is 3.33. The Kier molecular flexibility index (Phi) is 4.45. The van der Waals surface area contributed by atoms with Gasteiger partial charge in [0.2, 0.25) is 5.84 Å². The lowest BCUT2D eigenvalue weighted by atomic mass is 10.2. The van der Waals surface area contributed by atoms with E-state index in [9.17, 15) is 13.2 Å². The first-order chi connectivity index (χ1) is 6.47. The monoisotopic (exact) mass is 272 g/mol. The Balaban J connectivity index is 0.00000112. The van der Waals surface area contributed by atoms with Crippen LogP contribution in [0.15, 0.2) is 23.2 Å². The standard InChI is InChI=1S/C8H5F3N3.2ClH/c9-8(10,11)7-13-5-2-1-4(12)3-6(5)14-7;;/h1-3H,12H2;2*1H. The van der Waals surface area contributed by atoms with Gasteiger partial charge in [-0.3, -0.25) is 0 Å². The van der Waals surface area contributed by atoms with Crippen LogP contribution in [0.25, 0.3) is 0 Å². The molecule has 8 heteroatoms. The fourth-order valence-corrected chi connectivity index (χ4v) is 1.10. The number of aliphatic imine (C=N–C) groups is 1.